The largest absolute Gasteiger partial charge is 0.418 e. The fourth-order valence-corrected chi connectivity index (χ4v) is 4.48. The van der Waals surface area contributed by atoms with Gasteiger partial charge < -0.3 is 24.6 Å². The van der Waals surface area contributed by atoms with Crippen LogP contribution in [0.3, 0.4) is 0 Å². The van der Waals surface area contributed by atoms with Crippen LogP contribution in [0.2, 0.25) is 0 Å². The number of hydrogen-bond donors (Lipinski definition) is 1. The van der Waals surface area contributed by atoms with Gasteiger partial charge in [0.1, 0.15) is 0 Å². The monoisotopic (exact) mass is 466 g/mol. The van der Waals surface area contributed by atoms with Gasteiger partial charge in [0, 0.05) is 36.9 Å². The van der Waals surface area contributed by atoms with Gasteiger partial charge in [-0.1, -0.05) is 0 Å². The summed E-state index contributed by atoms with van der Waals surface area (Å²) < 4.78 is 52.1. The van der Waals surface area contributed by atoms with Crippen LogP contribution in [0, 0.1) is 0 Å². The Balaban J connectivity index is 1.53. The van der Waals surface area contributed by atoms with Crippen molar-refractivity contribution in [2.75, 3.05) is 44.7 Å². The van der Waals surface area contributed by atoms with Gasteiger partial charge in [0.2, 0.25) is 0 Å². The minimum Gasteiger partial charge on any atom is -0.373 e. The molecule has 10 heteroatoms. The van der Waals surface area contributed by atoms with Gasteiger partial charge >= 0.3 is 6.18 Å². The number of alkyl halides is 3. The van der Waals surface area contributed by atoms with E-state index in [1.54, 1.807) is 12.1 Å². The van der Waals surface area contributed by atoms with Crippen molar-refractivity contribution >= 4 is 22.5 Å². The van der Waals surface area contributed by atoms with E-state index in [4.69, 9.17) is 9.47 Å². The molecule has 2 unspecified atom stereocenters. The first-order valence-electron chi connectivity index (χ1n) is 11.1. The van der Waals surface area contributed by atoms with Crippen LogP contribution < -0.4 is 10.2 Å². The van der Waals surface area contributed by atoms with Gasteiger partial charge in [0.05, 0.1) is 42.5 Å². The second kappa shape index (κ2) is 9.44. The Hall–Kier alpha value is -2.43. The van der Waals surface area contributed by atoms with Gasteiger partial charge in [0.15, 0.2) is 6.10 Å². The quantitative estimate of drug-likeness (QED) is 0.748. The van der Waals surface area contributed by atoms with Crippen molar-refractivity contribution in [3.63, 3.8) is 0 Å². The van der Waals surface area contributed by atoms with E-state index in [9.17, 15) is 18.0 Å². The van der Waals surface area contributed by atoms with Crippen LogP contribution in [0.25, 0.3) is 10.9 Å². The second-order valence-corrected chi connectivity index (χ2v) is 8.84. The molecule has 0 spiro atoms. The molecule has 1 aromatic carbocycles. The van der Waals surface area contributed by atoms with E-state index in [1.165, 1.54) is 12.3 Å². The maximum Gasteiger partial charge on any atom is 0.418 e. The van der Waals surface area contributed by atoms with Crippen molar-refractivity contribution in [2.24, 2.45) is 0 Å². The highest BCUT2D eigenvalue weighted by atomic mass is 19.4. The summed E-state index contributed by atoms with van der Waals surface area (Å²) in [5.41, 5.74) is -0.275. The number of fused-ring (bicyclic) bond motifs is 1. The number of nitrogens with one attached hydrogen (secondary N) is 1. The first kappa shape index (κ1) is 23.7. The Morgan fingerprint density at radius 3 is 2.76 bits per heavy atom. The molecule has 1 N–H and O–H groups in total. The lowest BCUT2D eigenvalue weighted by Gasteiger charge is -2.39. The Morgan fingerprint density at radius 2 is 2.03 bits per heavy atom. The molecule has 4 atom stereocenters. The lowest BCUT2D eigenvalue weighted by atomic mass is 10.0. The van der Waals surface area contributed by atoms with E-state index in [-0.39, 0.29) is 36.2 Å². The molecule has 33 heavy (non-hydrogen) atoms. The van der Waals surface area contributed by atoms with Gasteiger partial charge in [-0.25, -0.2) is 0 Å². The Bertz CT molecular complexity index is 1000. The summed E-state index contributed by atoms with van der Waals surface area (Å²) in [6, 6.07) is 5.54. The lowest BCUT2D eigenvalue weighted by molar-refractivity contribution is -0.139. The van der Waals surface area contributed by atoms with Crippen molar-refractivity contribution < 1.29 is 27.4 Å². The molecule has 180 valence electrons. The Morgan fingerprint density at radius 1 is 1.24 bits per heavy atom. The molecule has 0 bridgehead atoms. The first-order valence-corrected chi connectivity index (χ1v) is 11.1. The molecule has 2 saturated heterocycles. The van der Waals surface area contributed by atoms with Crippen LogP contribution in [0.5, 0.6) is 0 Å². The van der Waals surface area contributed by atoms with Gasteiger partial charge in [-0.3, -0.25) is 9.78 Å². The summed E-state index contributed by atoms with van der Waals surface area (Å²) >= 11 is 0. The second-order valence-electron chi connectivity index (χ2n) is 8.84. The molecule has 1 amide bonds. The lowest BCUT2D eigenvalue weighted by Crippen LogP contribution is -2.57. The van der Waals surface area contributed by atoms with Gasteiger partial charge in [-0.05, 0) is 45.2 Å². The number of rotatable bonds is 4. The number of benzene rings is 1. The van der Waals surface area contributed by atoms with Crippen LogP contribution in [0.4, 0.5) is 18.9 Å². The molecule has 1 aromatic heterocycles. The summed E-state index contributed by atoms with van der Waals surface area (Å²) in [5.74, 6) is -0.259. The van der Waals surface area contributed by atoms with E-state index in [2.05, 4.69) is 15.2 Å². The van der Waals surface area contributed by atoms with Crippen LogP contribution in [0.1, 0.15) is 19.4 Å². The average Bonchev–Trinajstić information content (AvgIpc) is 2.77. The zero-order valence-corrected chi connectivity index (χ0v) is 18.9. The van der Waals surface area contributed by atoms with Gasteiger partial charge in [-0.15, -0.1) is 0 Å². The number of likely N-dealkylation sites (N-methyl/N-ethyl adjacent to an activating group) is 1. The maximum absolute atomic E-state index is 13.5. The number of carbonyl (C=O) groups excluding carboxylic acids is 1. The fraction of sp³-hybridized carbons (Fsp3) is 0.565. The fourth-order valence-electron chi connectivity index (χ4n) is 4.48. The van der Waals surface area contributed by atoms with Gasteiger partial charge in [-0.2, -0.15) is 13.2 Å². The molecular weight excluding hydrogens is 437 g/mol. The highest BCUT2D eigenvalue weighted by Gasteiger charge is 2.36. The third-order valence-corrected chi connectivity index (χ3v) is 6.17. The van der Waals surface area contributed by atoms with E-state index in [1.807, 2.05) is 25.8 Å². The highest BCUT2D eigenvalue weighted by molar-refractivity contribution is 5.94. The molecule has 2 aliphatic rings. The van der Waals surface area contributed by atoms with Crippen molar-refractivity contribution in [3.05, 3.63) is 36.0 Å². The number of nitrogens with zero attached hydrogens (tertiary/aromatic N) is 3. The van der Waals surface area contributed by atoms with Gasteiger partial charge in [0.25, 0.3) is 5.91 Å². The number of halogens is 3. The number of morpholine rings is 2. The topological polar surface area (TPSA) is 66.9 Å². The number of anilines is 1. The summed E-state index contributed by atoms with van der Waals surface area (Å²) in [6.07, 6.45) is -4.31. The summed E-state index contributed by atoms with van der Waals surface area (Å²) in [5, 5.41) is 3.39. The molecule has 0 radical (unpaired) electrons. The SMILES string of the molecule is CC(NC(=O)[C@H]1CN(c2ccc(C(F)(F)F)c3ncccc23)C[C@@H](C)O1)C1CN(C)CCO1. The zero-order chi connectivity index (χ0) is 23.8. The van der Waals surface area contributed by atoms with Crippen molar-refractivity contribution in [3.8, 4) is 0 Å². The van der Waals surface area contributed by atoms with E-state index in [0.29, 0.717) is 24.2 Å². The highest BCUT2D eigenvalue weighted by Crippen LogP contribution is 2.38. The predicted molar refractivity (Wildman–Crippen MR) is 118 cm³/mol. The third kappa shape index (κ3) is 5.23. The first-order chi connectivity index (χ1) is 15.6. The minimum atomic E-state index is -4.50. The molecule has 2 aliphatic heterocycles. The molecule has 3 heterocycles. The van der Waals surface area contributed by atoms with E-state index in [0.717, 1.165) is 19.2 Å². The number of pyridine rings is 1. The number of amides is 1. The molecule has 0 saturated carbocycles. The predicted octanol–water partition coefficient (Wildman–Crippen LogP) is 2.68. The smallest absolute Gasteiger partial charge is 0.373 e. The Labute approximate surface area is 190 Å². The van der Waals surface area contributed by atoms with E-state index >= 15 is 0 Å². The third-order valence-electron chi connectivity index (χ3n) is 6.17. The number of ether oxygens (including phenoxy) is 2. The van der Waals surface area contributed by atoms with Crippen LogP contribution in [-0.2, 0) is 20.4 Å². The molecule has 2 aromatic rings. The summed E-state index contributed by atoms with van der Waals surface area (Å²) in [7, 11) is 2.01. The maximum atomic E-state index is 13.5. The molecule has 0 aliphatic carbocycles. The number of hydrogen-bond acceptors (Lipinski definition) is 6. The van der Waals surface area contributed by atoms with Crippen LogP contribution in [0.15, 0.2) is 30.5 Å². The zero-order valence-electron chi connectivity index (χ0n) is 18.9. The van der Waals surface area contributed by atoms with Crippen molar-refractivity contribution in [1.82, 2.24) is 15.2 Å². The minimum absolute atomic E-state index is 0.102. The molecule has 7 nitrogen and oxygen atoms in total. The Kier molecular flexibility index (Phi) is 6.78. The average molecular weight is 467 g/mol. The molecule has 4 rings (SSSR count). The summed E-state index contributed by atoms with van der Waals surface area (Å²) in [6.45, 7) is 6.61. The van der Waals surface area contributed by atoms with Crippen LogP contribution in [-0.4, -0.2) is 80.0 Å². The standard InChI is InChI=1S/C23H29F3N4O3/c1-14-11-30(18-7-6-17(23(24,25)26)21-16(18)5-4-8-27-21)13-20(33-14)22(31)28-15(2)19-12-29(3)9-10-32-19/h4-8,14-15,19-20H,9-13H2,1-3H3,(H,28,31)/t14-,15?,19?,20-/m1/s1. The number of aromatic nitrogens is 1. The number of carbonyl (C=O) groups is 1. The normalized spacial score (nSPS) is 25.8. The summed E-state index contributed by atoms with van der Waals surface area (Å²) in [4.78, 5) is 21.1. The molecular formula is C23H29F3N4O3. The molecule has 2 fully saturated rings. The van der Waals surface area contributed by atoms with Crippen molar-refractivity contribution in [2.45, 2.75) is 44.4 Å². The van der Waals surface area contributed by atoms with Crippen molar-refractivity contribution in [1.29, 1.82) is 0 Å². The van der Waals surface area contributed by atoms with E-state index < -0.39 is 17.8 Å². The van der Waals surface area contributed by atoms with Crippen LogP contribution >= 0.6 is 0 Å².